The van der Waals surface area contributed by atoms with Crippen LogP contribution in [0.1, 0.15) is 31.4 Å². The van der Waals surface area contributed by atoms with Crippen LogP contribution in [-0.4, -0.2) is 58.6 Å². The summed E-state index contributed by atoms with van der Waals surface area (Å²) in [7, 11) is 3.68. The third-order valence-corrected chi connectivity index (χ3v) is 5.76. The molecule has 3 atom stereocenters. The third-order valence-electron chi connectivity index (χ3n) is 5.76. The Morgan fingerprint density at radius 1 is 1.38 bits per heavy atom. The van der Waals surface area contributed by atoms with Crippen LogP contribution < -0.4 is 0 Å². The maximum atomic E-state index is 6.00. The maximum Gasteiger partial charge on any atom is 0.181 e. The lowest BCUT2D eigenvalue weighted by molar-refractivity contribution is -0.0948. The number of rotatable bonds is 4. The van der Waals surface area contributed by atoms with Crippen molar-refractivity contribution in [1.29, 1.82) is 0 Å². The minimum absolute atomic E-state index is 0. The van der Waals surface area contributed by atoms with E-state index in [1.54, 1.807) is 6.20 Å². The molecule has 1 aliphatic heterocycles. The average Bonchev–Trinajstić information content (AvgIpc) is 3.17. The zero-order valence-electron chi connectivity index (χ0n) is 14.2. The van der Waals surface area contributed by atoms with E-state index in [-0.39, 0.29) is 18.0 Å². The molecule has 2 fully saturated rings. The Morgan fingerprint density at radius 2 is 2.25 bits per heavy atom. The lowest BCUT2D eigenvalue weighted by Gasteiger charge is -2.43. The van der Waals surface area contributed by atoms with Crippen LogP contribution in [0.25, 0.3) is 11.0 Å². The number of ether oxygens (including phenoxy) is 2. The fourth-order valence-electron chi connectivity index (χ4n) is 4.39. The Labute approximate surface area is 148 Å². The Morgan fingerprint density at radius 3 is 3.04 bits per heavy atom. The summed E-state index contributed by atoms with van der Waals surface area (Å²) in [5.74, 6) is 0. The standard InChI is InChI=1S/C17H24N4O2.ClH/c1-22-12-5-6-17(23-2)7-9-21(15(17)10-12)11-14-13-4-3-8-18-16(13)20-19-14;/h3-4,8,12,15H,5-7,9-11H2,1-2H3,(H,18,19,20);1H/t12-,15+,17-;/m1./s1. The molecule has 24 heavy (non-hydrogen) atoms. The molecule has 0 amide bonds. The molecule has 0 bridgehead atoms. The predicted octanol–water partition coefficient (Wildman–Crippen LogP) is 2.54. The van der Waals surface area contributed by atoms with Gasteiger partial charge in [-0.15, -0.1) is 12.4 Å². The predicted molar refractivity (Wildman–Crippen MR) is 94.3 cm³/mol. The van der Waals surface area contributed by atoms with Crippen LogP contribution in [0.4, 0.5) is 0 Å². The molecule has 0 radical (unpaired) electrons. The molecule has 0 spiro atoms. The van der Waals surface area contributed by atoms with Crippen LogP contribution >= 0.6 is 12.4 Å². The van der Waals surface area contributed by atoms with Crippen molar-refractivity contribution >= 4 is 23.4 Å². The van der Waals surface area contributed by atoms with Crippen molar-refractivity contribution in [2.24, 2.45) is 0 Å². The van der Waals surface area contributed by atoms with Gasteiger partial charge in [-0.2, -0.15) is 5.10 Å². The minimum Gasteiger partial charge on any atom is -0.381 e. The minimum atomic E-state index is -0.0108. The molecule has 6 nitrogen and oxygen atoms in total. The summed E-state index contributed by atoms with van der Waals surface area (Å²) in [6.45, 7) is 1.91. The highest BCUT2D eigenvalue weighted by molar-refractivity contribution is 5.85. The number of methoxy groups -OCH3 is 2. The topological polar surface area (TPSA) is 63.3 Å². The van der Waals surface area contributed by atoms with E-state index < -0.39 is 0 Å². The first-order chi connectivity index (χ1) is 11.3. The van der Waals surface area contributed by atoms with Gasteiger partial charge in [0.25, 0.3) is 0 Å². The van der Waals surface area contributed by atoms with Gasteiger partial charge in [0.15, 0.2) is 5.65 Å². The molecular weight excluding hydrogens is 328 g/mol. The Kier molecular flexibility index (Phi) is 5.11. The number of hydrogen-bond acceptors (Lipinski definition) is 5. The average molecular weight is 353 g/mol. The number of fused-ring (bicyclic) bond motifs is 2. The first-order valence-corrected chi connectivity index (χ1v) is 8.36. The van der Waals surface area contributed by atoms with E-state index in [1.165, 1.54) is 0 Å². The SMILES string of the molecule is CO[C@@H]1CC[C@@]2(OC)CCN(Cc3[nH]nc4ncccc34)[C@H]2C1.Cl. The number of nitrogens with one attached hydrogen (secondary N) is 1. The second-order valence-electron chi connectivity index (χ2n) is 6.71. The van der Waals surface area contributed by atoms with Gasteiger partial charge in [-0.05, 0) is 37.8 Å². The van der Waals surface area contributed by atoms with Crippen LogP contribution in [0.15, 0.2) is 18.3 Å². The van der Waals surface area contributed by atoms with Gasteiger partial charge in [0.2, 0.25) is 0 Å². The molecule has 0 unspecified atom stereocenters. The van der Waals surface area contributed by atoms with Crippen LogP contribution in [-0.2, 0) is 16.0 Å². The Balaban J connectivity index is 0.00000169. The van der Waals surface area contributed by atoms with Gasteiger partial charge in [0, 0.05) is 44.9 Å². The molecule has 1 N–H and O–H groups in total. The van der Waals surface area contributed by atoms with Crippen molar-refractivity contribution in [3.63, 3.8) is 0 Å². The molecule has 1 aliphatic carbocycles. The van der Waals surface area contributed by atoms with Gasteiger partial charge in [-0.3, -0.25) is 10.00 Å². The van der Waals surface area contributed by atoms with Gasteiger partial charge in [0.05, 0.1) is 17.4 Å². The van der Waals surface area contributed by atoms with Crippen molar-refractivity contribution in [2.75, 3.05) is 20.8 Å². The summed E-state index contributed by atoms with van der Waals surface area (Å²) in [5, 5.41) is 8.59. The molecule has 4 rings (SSSR count). The highest BCUT2D eigenvalue weighted by atomic mass is 35.5. The number of likely N-dealkylation sites (tertiary alicyclic amines) is 1. The van der Waals surface area contributed by atoms with Gasteiger partial charge in [0.1, 0.15) is 0 Å². The number of nitrogens with zero attached hydrogens (tertiary/aromatic N) is 3. The van der Waals surface area contributed by atoms with Crippen LogP contribution in [0, 0.1) is 0 Å². The van der Waals surface area contributed by atoms with Crippen molar-refractivity contribution in [2.45, 2.75) is 50.0 Å². The summed E-state index contributed by atoms with van der Waals surface area (Å²) in [5.41, 5.74) is 1.92. The zero-order valence-corrected chi connectivity index (χ0v) is 15.0. The molecule has 1 saturated heterocycles. The molecule has 0 aromatic carbocycles. The second kappa shape index (κ2) is 6.96. The fraction of sp³-hybridized carbons (Fsp3) is 0.647. The molecule has 2 aliphatic rings. The van der Waals surface area contributed by atoms with Crippen LogP contribution in [0.3, 0.4) is 0 Å². The quantitative estimate of drug-likeness (QED) is 0.916. The Hall–Kier alpha value is -1.21. The van der Waals surface area contributed by atoms with E-state index in [0.29, 0.717) is 12.1 Å². The van der Waals surface area contributed by atoms with Crippen molar-refractivity contribution in [3.05, 3.63) is 24.0 Å². The van der Waals surface area contributed by atoms with Gasteiger partial charge in [-0.1, -0.05) is 0 Å². The number of pyridine rings is 1. The summed E-state index contributed by atoms with van der Waals surface area (Å²) >= 11 is 0. The first-order valence-electron chi connectivity index (χ1n) is 8.36. The van der Waals surface area contributed by atoms with Crippen molar-refractivity contribution < 1.29 is 9.47 Å². The van der Waals surface area contributed by atoms with Crippen molar-refractivity contribution in [1.82, 2.24) is 20.1 Å². The molecule has 1 saturated carbocycles. The van der Waals surface area contributed by atoms with E-state index >= 15 is 0 Å². The number of aromatic amines is 1. The van der Waals surface area contributed by atoms with E-state index in [0.717, 1.165) is 55.5 Å². The molecule has 132 valence electrons. The maximum absolute atomic E-state index is 6.00. The number of hydrogen-bond donors (Lipinski definition) is 1. The first kappa shape index (κ1) is 17.6. The smallest absolute Gasteiger partial charge is 0.181 e. The van der Waals surface area contributed by atoms with Gasteiger partial charge in [-0.25, -0.2) is 4.98 Å². The van der Waals surface area contributed by atoms with Crippen molar-refractivity contribution in [3.8, 4) is 0 Å². The summed E-state index contributed by atoms with van der Waals surface area (Å²) in [6, 6.07) is 4.45. The lowest BCUT2D eigenvalue weighted by atomic mass is 9.79. The van der Waals surface area contributed by atoms with Gasteiger partial charge < -0.3 is 9.47 Å². The monoisotopic (exact) mass is 352 g/mol. The summed E-state index contributed by atoms with van der Waals surface area (Å²) in [4.78, 5) is 6.83. The van der Waals surface area contributed by atoms with E-state index in [4.69, 9.17) is 9.47 Å². The molecule has 7 heteroatoms. The summed E-state index contributed by atoms with van der Waals surface area (Å²) in [6.07, 6.45) is 6.41. The number of aromatic nitrogens is 3. The molecule has 3 heterocycles. The zero-order chi connectivity index (χ0) is 15.9. The summed E-state index contributed by atoms with van der Waals surface area (Å²) < 4.78 is 11.6. The second-order valence-corrected chi connectivity index (χ2v) is 6.71. The third kappa shape index (κ3) is 2.81. The lowest BCUT2D eigenvalue weighted by Crippen LogP contribution is -2.51. The number of halogens is 1. The highest BCUT2D eigenvalue weighted by Gasteiger charge is 2.51. The fourth-order valence-corrected chi connectivity index (χ4v) is 4.39. The number of H-pyrrole nitrogens is 1. The molecular formula is C17H25ClN4O2. The highest BCUT2D eigenvalue weighted by Crippen LogP contribution is 2.43. The largest absolute Gasteiger partial charge is 0.381 e. The van der Waals surface area contributed by atoms with E-state index in [1.807, 2.05) is 20.3 Å². The van der Waals surface area contributed by atoms with E-state index in [2.05, 4.69) is 26.1 Å². The normalized spacial score (nSPS) is 30.2. The van der Waals surface area contributed by atoms with Crippen LogP contribution in [0.5, 0.6) is 0 Å². The van der Waals surface area contributed by atoms with E-state index in [9.17, 15) is 0 Å². The van der Waals surface area contributed by atoms with Gasteiger partial charge >= 0.3 is 0 Å². The Bertz CT molecular complexity index is 694. The molecule has 2 aromatic heterocycles. The molecule has 2 aromatic rings. The van der Waals surface area contributed by atoms with Crippen LogP contribution in [0.2, 0.25) is 0 Å².